The van der Waals surface area contributed by atoms with E-state index in [1.54, 1.807) is 0 Å². The first-order valence-electron chi connectivity index (χ1n) is 19.7. The number of rotatable bonds is 0. The van der Waals surface area contributed by atoms with E-state index in [4.69, 9.17) is 39.9 Å². The summed E-state index contributed by atoms with van der Waals surface area (Å²) in [4.78, 5) is 39.3. The Balaban J connectivity index is 0.000000367. The van der Waals surface area contributed by atoms with Crippen molar-refractivity contribution in [3.63, 3.8) is 0 Å². The second kappa shape index (κ2) is 20.8. The van der Waals surface area contributed by atoms with Crippen molar-refractivity contribution < 1.29 is 17.1 Å². The smallest absolute Gasteiger partial charge is 0.357 e. The molecule has 0 spiro atoms. The largest absolute Gasteiger partial charge is 2.00 e. The molecule has 0 aliphatic carbocycles. The second-order valence-corrected chi connectivity index (χ2v) is 11.8. The summed E-state index contributed by atoms with van der Waals surface area (Å²) in [6.45, 7) is 20.2. The minimum Gasteiger partial charge on any atom is -0.357 e. The van der Waals surface area contributed by atoms with Crippen LogP contribution in [0.3, 0.4) is 0 Å². The Kier molecular flexibility index (Phi) is 15.9. The molecule has 5 aromatic carbocycles. The van der Waals surface area contributed by atoms with Gasteiger partial charge in [-0.25, -0.2) is 9.97 Å². The Morgan fingerprint density at radius 1 is 0.316 bits per heavy atom. The molecule has 2 aliphatic rings. The topological polar surface area (TPSA) is 106 Å². The number of benzene rings is 5. The number of fused-ring (bicyclic) bond motifs is 20. The molecule has 0 unspecified atom stereocenters. The molecule has 0 N–H and O–H groups in total. The summed E-state index contributed by atoms with van der Waals surface area (Å²) in [5, 5.41) is 3.57. The van der Waals surface area contributed by atoms with Crippen LogP contribution in [0.15, 0.2) is 121 Å². The first kappa shape index (κ1) is 43.7. The molecule has 5 heterocycles. The summed E-state index contributed by atoms with van der Waals surface area (Å²) in [5.41, 5.74) is 8.46. The van der Waals surface area contributed by atoms with Crippen LogP contribution in [0.4, 0.5) is 0 Å². The van der Waals surface area contributed by atoms with Crippen LogP contribution in [0.5, 0.6) is 0 Å². The monoisotopic (exact) mass is 801 g/mol. The number of nitrogens with zero attached hydrogens (tertiary/aromatic N) is 8. The van der Waals surface area contributed by atoms with Crippen molar-refractivity contribution >= 4 is 44.1 Å². The van der Waals surface area contributed by atoms with Crippen LogP contribution in [0.1, 0.15) is 66.5 Å². The Morgan fingerprint density at radius 2 is 0.561 bits per heavy atom. The van der Waals surface area contributed by atoms with E-state index in [-0.39, 0.29) is 17.1 Å². The summed E-state index contributed by atoms with van der Waals surface area (Å²) in [5.74, 6) is 2.21. The summed E-state index contributed by atoms with van der Waals surface area (Å²) in [6.07, 6.45) is 0. The fourth-order valence-corrected chi connectivity index (χ4v) is 6.27. The van der Waals surface area contributed by atoms with E-state index >= 15 is 0 Å². The molecule has 10 rings (SSSR count). The van der Waals surface area contributed by atoms with Gasteiger partial charge in [0.1, 0.15) is 0 Å². The summed E-state index contributed by atoms with van der Waals surface area (Å²) >= 11 is 0. The van der Waals surface area contributed by atoms with E-state index in [1.807, 2.05) is 152 Å². The number of hydrogen-bond acceptors (Lipinski definition) is 6. The van der Waals surface area contributed by atoms with Gasteiger partial charge in [-0.1, -0.05) is 188 Å². The quantitative estimate of drug-likeness (QED) is 0.140. The van der Waals surface area contributed by atoms with Crippen LogP contribution in [0, 0.1) is 13.8 Å². The molecular formula is C48H50CuN8. The molecule has 9 heteroatoms. The van der Waals surface area contributed by atoms with Gasteiger partial charge in [-0.2, -0.15) is 0 Å². The van der Waals surface area contributed by atoms with E-state index in [9.17, 15) is 0 Å². The summed E-state index contributed by atoms with van der Waals surface area (Å²) < 4.78 is 0. The fraction of sp³-hybridized carbons (Fsp3) is 0.208. The molecule has 1 radical (unpaired) electrons. The Hall–Kier alpha value is -6.02. The minimum atomic E-state index is 0. The molecule has 0 saturated carbocycles. The van der Waals surface area contributed by atoms with Crippen molar-refractivity contribution in [3.05, 3.63) is 132 Å². The zero-order chi connectivity index (χ0) is 40.2. The van der Waals surface area contributed by atoms with Gasteiger partial charge in [-0.15, -0.1) is 0 Å². The van der Waals surface area contributed by atoms with Crippen molar-refractivity contribution in [2.45, 2.75) is 69.2 Å². The van der Waals surface area contributed by atoms with Gasteiger partial charge in [0, 0.05) is 44.8 Å². The van der Waals surface area contributed by atoms with E-state index in [0.717, 1.165) is 43.8 Å². The zero-order valence-corrected chi connectivity index (χ0v) is 35.4. The average molecular weight is 803 g/mol. The third kappa shape index (κ3) is 9.18. The van der Waals surface area contributed by atoms with Gasteiger partial charge < -0.3 is 29.9 Å². The van der Waals surface area contributed by atoms with E-state index in [2.05, 4.69) is 38.1 Å². The molecule has 0 saturated heterocycles. The third-order valence-corrected chi connectivity index (χ3v) is 8.50. The van der Waals surface area contributed by atoms with Crippen LogP contribution in [-0.2, 0) is 17.1 Å². The van der Waals surface area contributed by atoms with Crippen LogP contribution >= 0.6 is 0 Å². The van der Waals surface area contributed by atoms with Crippen molar-refractivity contribution in [1.29, 1.82) is 0 Å². The van der Waals surface area contributed by atoms with Crippen molar-refractivity contribution in [2.24, 2.45) is 0 Å². The maximum atomic E-state index is 4.95. The predicted octanol–water partition coefficient (Wildman–Crippen LogP) is 12.5. The first-order chi connectivity index (χ1) is 27.6. The van der Waals surface area contributed by atoms with Crippen LogP contribution < -0.4 is 9.97 Å². The molecule has 57 heavy (non-hydrogen) atoms. The van der Waals surface area contributed by atoms with Gasteiger partial charge in [0.15, 0.2) is 0 Å². The molecule has 0 fully saturated rings. The zero-order valence-electron chi connectivity index (χ0n) is 34.4. The van der Waals surface area contributed by atoms with E-state index < -0.39 is 0 Å². The first-order valence-corrected chi connectivity index (χ1v) is 19.7. The number of hydrogen-bond donors (Lipinski definition) is 0. The number of aryl methyl sites for hydroxylation is 2. The van der Waals surface area contributed by atoms with Crippen LogP contribution in [0.2, 0.25) is 0 Å². The fourth-order valence-electron chi connectivity index (χ4n) is 6.27. The van der Waals surface area contributed by atoms with Crippen molar-refractivity contribution in [2.75, 3.05) is 0 Å². The molecule has 0 amide bonds. The summed E-state index contributed by atoms with van der Waals surface area (Å²) in [7, 11) is 0. The summed E-state index contributed by atoms with van der Waals surface area (Å²) in [6, 6.07) is 40.3. The van der Waals surface area contributed by atoms with Gasteiger partial charge in [0.2, 0.25) is 0 Å². The van der Waals surface area contributed by atoms with Crippen molar-refractivity contribution in [3.8, 4) is 45.6 Å². The Bertz CT molecular complexity index is 2390. The standard InChI is InChI=1S/C32H16N8.C8H10.4C2H6.Cu/c1-2-10-18-17(9-1)25-33-26(18)38-28-21-13-5-6-14-22(21)30(35-28)40-32-24-16-8-7-15-23(24)31(36-32)39-29-20-12-4-3-11-19(20)27(34-29)37-25;1-7-4-3-5-8(2)6-7;4*1-2;/h1-16H;3-6H,1-2H3;4*1-2H3;/q-2;;;;;;+2. The Labute approximate surface area is 346 Å². The molecule has 293 valence electrons. The van der Waals surface area contributed by atoms with Gasteiger partial charge >= 0.3 is 17.1 Å². The maximum absolute atomic E-state index is 4.95. The Morgan fingerprint density at radius 3 is 0.789 bits per heavy atom. The van der Waals surface area contributed by atoms with E-state index in [0.29, 0.717) is 45.9 Å². The van der Waals surface area contributed by atoms with Gasteiger partial charge in [0.05, 0.1) is 23.3 Å². The third-order valence-electron chi connectivity index (χ3n) is 8.50. The molecule has 8 nitrogen and oxygen atoms in total. The predicted molar refractivity (Wildman–Crippen MR) is 235 cm³/mol. The molecule has 8 bridgehead atoms. The molecule has 2 aliphatic heterocycles. The van der Waals surface area contributed by atoms with Gasteiger partial charge in [0.25, 0.3) is 0 Å². The maximum Gasteiger partial charge on any atom is 2.00 e. The molecule has 3 aromatic heterocycles. The number of aromatic nitrogens is 8. The minimum absolute atomic E-state index is 0. The SMILES string of the molecule is CC.CC.CC.CC.Cc1cccc(C)c1.[Cu+2].c1ccc2c(c1)-c1nc-2nc2[n-]c(nc3nc(nc4[n-]c(n1)c1ccccc41)-c1ccccc1-3)c1ccccc21. The van der Waals surface area contributed by atoms with Crippen LogP contribution in [-0.4, -0.2) is 29.9 Å². The second-order valence-electron chi connectivity index (χ2n) is 11.8. The molecular weight excluding hydrogens is 752 g/mol. The molecule has 8 aromatic rings. The normalized spacial score (nSPS) is 10.1. The van der Waals surface area contributed by atoms with Crippen molar-refractivity contribution in [1.82, 2.24) is 39.9 Å². The average Bonchev–Trinajstić information content (AvgIpc) is 4.00. The van der Waals surface area contributed by atoms with Gasteiger partial charge in [-0.05, 0) is 35.4 Å². The van der Waals surface area contributed by atoms with Gasteiger partial charge in [-0.3, -0.25) is 0 Å². The van der Waals surface area contributed by atoms with E-state index in [1.165, 1.54) is 11.1 Å². The molecule has 0 atom stereocenters. The van der Waals surface area contributed by atoms with Crippen LogP contribution in [0.25, 0.3) is 89.7 Å².